The first-order valence-corrected chi connectivity index (χ1v) is 9.53. The van der Waals surface area contributed by atoms with E-state index in [-0.39, 0.29) is 5.92 Å². The standard InChI is InChI=1S/C22H23N3O3/c1-15-12-13-22(14-15,21(23)28)18-19(26)24(16-8-4-2-5-9-16)25(20(18)27)17-10-6-3-7-11-17/h2-11,15,18H,12-14H2,1H3,(H2,23,28)/t15-,22-/m1/s1. The number of anilines is 2. The molecule has 28 heavy (non-hydrogen) atoms. The van der Waals surface area contributed by atoms with Crippen LogP contribution in [-0.4, -0.2) is 17.7 Å². The van der Waals surface area contributed by atoms with Crippen molar-refractivity contribution in [3.63, 3.8) is 0 Å². The van der Waals surface area contributed by atoms with E-state index in [1.807, 2.05) is 43.3 Å². The molecule has 0 unspecified atom stereocenters. The molecule has 1 saturated heterocycles. The molecular formula is C22H23N3O3. The van der Waals surface area contributed by atoms with Crippen LogP contribution in [0.15, 0.2) is 60.7 Å². The molecule has 6 heteroatoms. The van der Waals surface area contributed by atoms with Crippen LogP contribution in [0.25, 0.3) is 0 Å². The van der Waals surface area contributed by atoms with Gasteiger partial charge < -0.3 is 5.73 Å². The normalized spacial score (nSPS) is 25.5. The summed E-state index contributed by atoms with van der Waals surface area (Å²) in [7, 11) is 0. The van der Waals surface area contributed by atoms with E-state index in [0.29, 0.717) is 24.2 Å². The molecule has 3 amide bonds. The molecule has 144 valence electrons. The molecule has 0 aromatic heterocycles. The third-order valence-electron chi connectivity index (χ3n) is 5.95. The van der Waals surface area contributed by atoms with Gasteiger partial charge in [-0.15, -0.1) is 0 Å². The Bertz CT molecular complexity index is 858. The molecule has 0 bridgehead atoms. The number of hydrazine groups is 1. The fraction of sp³-hybridized carbons (Fsp3) is 0.318. The zero-order chi connectivity index (χ0) is 19.9. The first kappa shape index (κ1) is 18.2. The summed E-state index contributed by atoms with van der Waals surface area (Å²) in [5.41, 5.74) is 5.82. The summed E-state index contributed by atoms with van der Waals surface area (Å²) in [5, 5.41) is 2.77. The number of carbonyl (C=O) groups excluding carboxylic acids is 3. The number of nitrogens with zero attached hydrogens (tertiary/aromatic N) is 2. The summed E-state index contributed by atoms with van der Waals surface area (Å²) >= 11 is 0. The first-order chi connectivity index (χ1) is 13.5. The summed E-state index contributed by atoms with van der Waals surface area (Å²) in [6.07, 6.45) is 1.68. The number of para-hydroxylation sites is 2. The van der Waals surface area contributed by atoms with E-state index in [2.05, 4.69) is 0 Å². The lowest BCUT2D eigenvalue weighted by atomic mass is 9.72. The zero-order valence-electron chi connectivity index (χ0n) is 15.7. The zero-order valence-corrected chi connectivity index (χ0v) is 15.7. The largest absolute Gasteiger partial charge is 0.369 e. The van der Waals surface area contributed by atoms with E-state index in [4.69, 9.17) is 5.73 Å². The van der Waals surface area contributed by atoms with Crippen molar-refractivity contribution >= 4 is 29.1 Å². The van der Waals surface area contributed by atoms with Gasteiger partial charge in [0.05, 0.1) is 16.8 Å². The smallest absolute Gasteiger partial charge is 0.259 e. The lowest BCUT2D eigenvalue weighted by Gasteiger charge is -2.28. The summed E-state index contributed by atoms with van der Waals surface area (Å²) in [5.74, 6) is -2.22. The molecule has 2 aromatic carbocycles. The SMILES string of the molecule is C[C@@H]1CC[C@](C(N)=O)(C2C(=O)N(c3ccccc3)N(c3ccccc3)C2=O)C1. The van der Waals surface area contributed by atoms with Crippen LogP contribution in [0, 0.1) is 17.3 Å². The van der Waals surface area contributed by atoms with E-state index in [1.165, 1.54) is 10.0 Å². The van der Waals surface area contributed by atoms with Crippen molar-refractivity contribution in [2.75, 3.05) is 10.0 Å². The van der Waals surface area contributed by atoms with E-state index >= 15 is 0 Å². The third-order valence-corrected chi connectivity index (χ3v) is 5.95. The van der Waals surface area contributed by atoms with Gasteiger partial charge in [-0.05, 0) is 49.4 Å². The molecule has 6 nitrogen and oxygen atoms in total. The Labute approximate surface area is 163 Å². The number of primary amides is 1. The maximum Gasteiger partial charge on any atom is 0.259 e. The molecule has 2 fully saturated rings. The highest BCUT2D eigenvalue weighted by Crippen LogP contribution is 2.51. The van der Waals surface area contributed by atoms with Crippen LogP contribution >= 0.6 is 0 Å². The lowest BCUT2D eigenvalue weighted by molar-refractivity contribution is -0.143. The van der Waals surface area contributed by atoms with Gasteiger partial charge in [0.2, 0.25) is 5.91 Å². The molecule has 0 radical (unpaired) electrons. The van der Waals surface area contributed by atoms with Gasteiger partial charge in [-0.25, -0.2) is 10.0 Å². The summed E-state index contributed by atoms with van der Waals surface area (Å²) in [4.78, 5) is 39.6. The molecule has 2 atom stereocenters. The Morgan fingerprint density at radius 3 is 1.75 bits per heavy atom. The van der Waals surface area contributed by atoms with Gasteiger partial charge in [-0.3, -0.25) is 14.4 Å². The van der Waals surface area contributed by atoms with Gasteiger partial charge in [-0.2, -0.15) is 0 Å². The maximum absolute atomic E-state index is 13.6. The minimum absolute atomic E-state index is 0.240. The van der Waals surface area contributed by atoms with E-state index in [0.717, 1.165) is 6.42 Å². The summed E-state index contributed by atoms with van der Waals surface area (Å²) in [6, 6.07) is 18.0. The number of hydrogen-bond acceptors (Lipinski definition) is 3. The predicted molar refractivity (Wildman–Crippen MR) is 106 cm³/mol. The van der Waals surface area contributed by atoms with Crippen LogP contribution in [0.1, 0.15) is 26.2 Å². The van der Waals surface area contributed by atoms with Crippen LogP contribution in [0.2, 0.25) is 0 Å². The van der Waals surface area contributed by atoms with Crippen molar-refractivity contribution in [1.82, 2.24) is 0 Å². The number of hydrogen-bond donors (Lipinski definition) is 1. The van der Waals surface area contributed by atoms with Crippen LogP contribution < -0.4 is 15.8 Å². The van der Waals surface area contributed by atoms with Crippen molar-refractivity contribution in [1.29, 1.82) is 0 Å². The minimum atomic E-state index is -1.13. The Hall–Kier alpha value is -3.15. The van der Waals surface area contributed by atoms with Gasteiger partial charge in [0.25, 0.3) is 11.8 Å². The van der Waals surface area contributed by atoms with Gasteiger partial charge in [0, 0.05) is 0 Å². The van der Waals surface area contributed by atoms with Crippen molar-refractivity contribution in [3.05, 3.63) is 60.7 Å². The second-order valence-corrected chi connectivity index (χ2v) is 7.77. The van der Waals surface area contributed by atoms with Crippen molar-refractivity contribution < 1.29 is 14.4 Å². The highest BCUT2D eigenvalue weighted by Gasteiger charge is 2.61. The van der Waals surface area contributed by atoms with Crippen molar-refractivity contribution in [2.45, 2.75) is 26.2 Å². The Balaban J connectivity index is 1.85. The van der Waals surface area contributed by atoms with Gasteiger partial charge >= 0.3 is 0 Å². The highest BCUT2D eigenvalue weighted by atomic mass is 16.2. The Morgan fingerprint density at radius 2 is 1.39 bits per heavy atom. The number of nitrogens with two attached hydrogens (primary N) is 1. The molecule has 2 aliphatic rings. The topological polar surface area (TPSA) is 83.7 Å². The number of carbonyl (C=O) groups is 3. The molecule has 1 aliphatic carbocycles. The summed E-state index contributed by atoms with van der Waals surface area (Å²) < 4.78 is 0. The first-order valence-electron chi connectivity index (χ1n) is 9.53. The third kappa shape index (κ3) is 2.68. The lowest BCUT2D eigenvalue weighted by Crippen LogP contribution is -2.47. The molecular weight excluding hydrogens is 354 g/mol. The van der Waals surface area contributed by atoms with Crippen LogP contribution in [0.5, 0.6) is 0 Å². The molecule has 2 N–H and O–H groups in total. The molecule has 1 aliphatic heterocycles. The van der Waals surface area contributed by atoms with Crippen LogP contribution in [0.3, 0.4) is 0 Å². The van der Waals surface area contributed by atoms with Crippen LogP contribution in [0.4, 0.5) is 11.4 Å². The molecule has 0 spiro atoms. The van der Waals surface area contributed by atoms with E-state index < -0.39 is 29.1 Å². The Kier molecular flexibility index (Phi) is 4.41. The number of benzene rings is 2. The quantitative estimate of drug-likeness (QED) is 0.832. The molecule has 1 saturated carbocycles. The number of rotatable bonds is 4. The van der Waals surface area contributed by atoms with E-state index in [1.54, 1.807) is 24.3 Å². The van der Waals surface area contributed by atoms with Crippen molar-refractivity contribution in [2.24, 2.45) is 23.0 Å². The van der Waals surface area contributed by atoms with Gasteiger partial charge in [0.1, 0.15) is 5.92 Å². The fourth-order valence-electron chi connectivity index (χ4n) is 4.60. The Morgan fingerprint density at radius 1 is 0.929 bits per heavy atom. The second kappa shape index (κ2) is 6.78. The van der Waals surface area contributed by atoms with Crippen LogP contribution in [-0.2, 0) is 14.4 Å². The minimum Gasteiger partial charge on any atom is -0.369 e. The predicted octanol–water partition coefficient (Wildman–Crippen LogP) is 2.89. The number of amides is 3. The van der Waals surface area contributed by atoms with Gasteiger partial charge in [0.15, 0.2) is 0 Å². The molecule has 2 aromatic rings. The second-order valence-electron chi connectivity index (χ2n) is 7.77. The fourth-order valence-corrected chi connectivity index (χ4v) is 4.60. The maximum atomic E-state index is 13.6. The van der Waals surface area contributed by atoms with E-state index in [9.17, 15) is 14.4 Å². The van der Waals surface area contributed by atoms with Gasteiger partial charge in [-0.1, -0.05) is 43.3 Å². The monoisotopic (exact) mass is 377 g/mol. The summed E-state index contributed by atoms with van der Waals surface area (Å²) in [6.45, 7) is 2.03. The van der Waals surface area contributed by atoms with Crippen molar-refractivity contribution in [3.8, 4) is 0 Å². The average molecular weight is 377 g/mol. The molecule has 1 heterocycles. The average Bonchev–Trinajstić information content (AvgIpc) is 3.21. The highest BCUT2D eigenvalue weighted by molar-refractivity contribution is 6.25. The molecule has 4 rings (SSSR count).